The minimum atomic E-state index is -0.284. The molecule has 1 aliphatic heterocycles. The Kier molecular flexibility index (Phi) is 9.44. The molecule has 0 atom stereocenters. The van der Waals surface area contributed by atoms with Crippen LogP contribution in [-0.4, -0.2) is 63.4 Å². The number of rotatable bonds is 7. The van der Waals surface area contributed by atoms with Gasteiger partial charge in [-0.2, -0.15) is 0 Å². The lowest BCUT2D eigenvalue weighted by Crippen LogP contribution is -2.50. The van der Waals surface area contributed by atoms with Crippen LogP contribution in [0.25, 0.3) is 11.3 Å². The fraction of sp³-hybridized carbons (Fsp3) is 0.351. The van der Waals surface area contributed by atoms with Crippen LogP contribution in [0.1, 0.15) is 69.3 Å². The number of nitrogens with one attached hydrogen (secondary N) is 2. The molecule has 0 aliphatic carbocycles. The highest BCUT2D eigenvalue weighted by Crippen LogP contribution is 2.29. The molecule has 1 saturated heterocycles. The van der Waals surface area contributed by atoms with Crippen molar-refractivity contribution in [1.29, 1.82) is 0 Å². The number of piperazine rings is 1. The van der Waals surface area contributed by atoms with Gasteiger partial charge in [0.2, 0.25) is 0 Å². The van der Waals surface area contributed by atoms with Gasteiger partial charge in [-0.3, -0.25) is 19.3 Å². The van der Waals surface area contributed by atoms with Crippen molar-refractivity contribution < 1.29 is 12.4 Å². The Labute approximate surface area is 274 Å². The zero-order valence-electron chi connectivity index (χ0n) is 27.8. The normalized spacial score (nSPS) is 14.0. The van der Waals surface area contributed by atoms with Gasteiger partial charge >= 0.3 is 0 Å². The quantitative estimate of drug-likeness (QED) is 0.237. The van der Waals surface area contributed by atoms with E-state index in [2.05, 4.69) is 55.1 Å². The Morgan fingerprint density at radius 2 is 1.52 bits per heavy atom. The Bertz CT molecular complexity index is 1790. The number of hydrogen-bond donors (Lipinski definition) is 2. The summed E-state index contributed by atoms with van der Waals surface area (Å²) in [4.78, 5) is 48.2. The van der Waals surface area contributed by atoms with Gasteiger partial charge in [-0.05, 0) is 79.8 Å². The summed E-state index contributed by atoms with van der Waals surface area (Å²) in [7, 11) is 1.68. The molecule has 9 nitrogen and oxygen atoms in total. The van der Waals surface area contributed by atoms with E-state index in [1.165, 1.54) is 4.57 Å². The van der Waals surface area contributed by atoms with E-state index in [1.807, 2.05) is 54.3 Å². The topological polar surface area (TPSA) is 99.6 Å². The third-order valence-corrected chi connectivity index (χ3v) is 8.67. The summed E-state index contributed by atoms with van der Waals surface area (Å²) in [6.45, 7) is 15.8. The summed E-state index contributed by atoms with van der Waals surface area (Å²) < 4.78 is 1.49. The predicted octanol–water partition coefficient (Wildman–Crippen LogP) is 6.71. The van der Waals surface area contributed by atoms with Crippen LogP contribution >= 0.6 is 0 Å². The van der Waals surface area contributed by atoms with Gasteiger partial charge in [0.1, 0.15) is 0 Å². The standard InChI is InChI=1S/C37H44N6O3.2H2/c1-24(2)42-19-21-43(22-20-42)35(45)27-13-17-29(18-14-27)38-33-36(46)41(7)23-32(39-33)30-9-8-10-31(25(30)3)40-34(44)26-11-15-28(16-12-26)37(4,5)6;;/h8-18,23-24H,19-22H2,1-7H3,(H,38,39)(H,40,44);2*1H. The molecule has 0 spiro atoms. The second kappa shape index (κ2) is 13.3. The van der Waals surface area contributed by atoms with Crippen molar-refractivity contribution in [2.75, 3.05) is 36.8 Å². The number of benzene rings is 3. The van der Waals surface area contributed by atoms with Crippen molar-refractivity contribution in [3.63, 3.8) is 0 Å². The van der Waals surface area contributed by atoms with Crippen LogP contribution in [0.5, 0.6) is 0 Å². The number of carbonyl (C=O) groups is 2. The highest BCUT2D eigenvalue weighted by atomic mass is 16.2. The number of carbonyl (C=O) groups excluding carboxylic acids is 2. The molecule has 4 aromatic rings. The van der Waals surface area contributed by atoms with Crippen LogP contribution in [0.3, 0.4) is 0 Å². The zero-order valence-corrected chi connectivity index (χ0v) is 27.8. The summed E-state index contributed by atoms with van der Waals surface area (Å²) in [5.74, 6) is -0.0248. The minimum absolute atomic E-state index is 0. The van der Waals surface area contributed by atoms with Crippen molar-refractivity contribution in [2.45, 2.75) is 53.0 Å². The molecule has 0 unspecified atom stereocenters. The van der Waals surface area contributed by atoms with Crippen LogP contribution < -0.4 is 16.2 Å². The first-order chi connectivity index (χ1) is 21.8. The fourth-order valence-electron chi connectivity index (χ4n) is 5.64. The van der Waals surface area contributed by atoms with E-state index < -0.39 is 0 Å². The van der Waals surface area contributed by atoms with E-state index in [1.54, 1.807) is 37.5 Å². The van der Waals surface area contributed by atoms with Gasteiger partial charge in [-0.15, -0.1) is 0 Å². The molecule has 1 aliphatic rings. The number of nitrogens with zero attached hydrogens (tertiary/aromatic N) is 4. The molecule has 0 saturated carbocycles. The molecule has 3 aromatic carbocycles. The number of hydrogen-bond acceptors (Lipinski definition) is 6. The number of anilines is 3. The van der Waals surface area contributed by atoms with E-state index in [0.29, 0.717) is 47.3 Å². The Hall–Kier alpha value is -4.76. The van der Waals surface area contributed by atoms with Crippen LogP contribution in [0.15, 0.2) is 77.7 Å². The van der Waals surface area contributed by atoms with E-state index >= 15 is 0 Å². The number of aromatic nitrogens is 2. The number of aryl methyl sites for hydroxylation is 1. The third-order valence-electron chi connectivity index (χ3n) is 8.67. The maximum absolute atomic E-state index is 13.1. The molecule has 1 aromatic heterocycles. The van der Waals surface area contributed by atoms with Gasteiger partial charge in [0.05, 0.1) is 5.69 Å². The van der Waals surface area contributed by atoms with Crippen LogP contribution in [0.4, 0.5) is 17.2 Å². The molecule has 0 radical (unpaired) electrons. The molecule has 2 amide bonds. The molecule has 46 heavy (non-hydrogen) atoms. The molecule has 9 heteroatoms. The van der Waals surface area contributed by atoms with Crippen molar-refractivity contribution in [2.24, 2.45) is 7.05 Å². The van der Waals surface area contributed by atoms with E-state index in [-0.39, 0.29) is 31.5 Å². The van der Waals surface area contributed by atoms with Gasteiger partial charge in [0, 0.05) is 76.4 Å². The molecule has 244 valence electrons. The summed E-state index contributed by atoms with van der Waals surface area (Å²) in [5.41, 5.74) is 5.58. The van der Waals surface area contributed by atoms with Crippen molar-refractivity contribution >= 4 is 29.0 Å². The fourth-order valence-corrected chi connectivity index (χ4v) is 5.64. The lowest BCUT2D eigenvalue weighted by molar-refractivity contribution is 0.0595. The van der Waals surface area contributed by atoms with E-state index in [4.69, 9.17) is 0 Å². The Balaban J connectivity index is 0.00000312. The van der Waals surface area contributed by atoms with Crippen molar-refractivity contribution in [3.05, 3.63) is 106 Å². The average Bonchev–Trinajstić information content (AvgIpc) is 3.04. The highest BCUT2D eigenvalue weighted by molar-refractivity contribution is 6.05. The van der Waals surface area contributed by atoms with Crippen molar-refractivity contribution in [1.82, 2.24) is 19.4 Å². The maximum atomic E-state index is 13.1. The molecular formula is C37H48N6O3. The van der Waals surface area contributed by atoms with E-state index in [9.17, 15) is 14.4 Å². The lowest BCUT2D eigenvalue weighted by Gasteiger charge is -2.37. The summed E-state index contributed by atoms with van der Waals surface area (Å²) in [6.07, 6.45) is 1.69. The highest BCUT2D eigenvalue weighted by Gasteiger charge is 2.23. The van der Waals surface area contributed by atoms with Crippen LogP contribution in [-0.2, 0) is 12.5 Å². The molecular weight excluding hydrogens is 576 g/mol. The monoisotopic (exact) mass is 624 g/mol. The van der Waals surface area contributed by atoms with Gasteiger partial charge in [-0.25, -0.2) is 4.98 Å². The molecule has 0 bridgehead atoms. The largest absolute Gasteiger partial charge is 0.336 e. The van der Waals surface area contributed by atoms with Gasteiger partial charge in [0.15, 0.2) is 5.82 Å². The molecule has 5 rings (SSSR count). The van der Waals surface area contributed by atoms with Gasteiger partial charge in [0.25, 0.3) is 17.4 Å². The van der Waals surface area contributed by atoms with Gasteiger partial charge in [-0.1, -0.05) is 45.0 Å². The first-order valence-corrected chi connectivity index (χ1v) is 15.8. The summed E-state index contributed by atoms with van der Waals surface area (Å²) in [6, 6.07) is 20.9. The second-order valence-corrected chi connectivity index (χ2v) is 13.3. The third kappa shape index (κ3) is 7.21. The zero-order chi connectivity index (χ0) is 33.2. The smallest absolute Gasteiger partial charge is 0.293 e. The SMILES string of the molecule is Cc1c(NC(=O)c2ccc(C(C)(C)C)cc2)cccc1-c1cn(C)c(=O)c(Nc2ccc(C(=O)N3CCN(C(C)C)CC3)cc2)n1.[HH].[HH]. The second-order valence-electron chi connectivity index (χ2n) is 13.3. The molecule has 2 N–H and O–H groups in total. The van der Waals surface area contributed by atoms with E-state index in [0.717, 1.165) is 29.8 Å². The Morgan fingerprint density at radius 1 is 0.891 bits per heavy atom. The maximum Gasteiger partial charge on any atom is 0.293 e. The summed E-state index contributed by atoms with van der Waals surface area (Å²) >= 11 is 0. The number of amides is 2. The first kappa shape index (κ1) is 32.6. The minimum Gasteiger partial charge on any atom is -0.336 e. The van der Waals surface area contributed by atoms with Crippen LogP contribution in [0.2, 0.25) is 0 Å². The molecule has 1 fully saturated rings. The van der Waals surface area contributed by atoms with Crippen LogP contribution in [0, 0.1) is 6.92 Å². The van der Waals surface area contributed by atoms with Crippen molar-refractivity contribution in [3.8, 4) is 11.3 Å². The predicted molar refractivity (Wildman–Crippen MR) is 189 cm³/mol. The first-order valence-electron chi connectivity index (χ1n) is 15.8. The van der Waals surface area contributed by atoms with Gasteiger partial charge < -0.3 is 20.1 Å². The summed E-state index contributed by atoms with van der Waals surface area (Å²) in [5, 5.41) is 6.18. The lowest BCUT2D eigenvalue weighted by atomic mass is 9.86. The average molecular weight is 625 g/mol. The molecule has 2 heterocycles. The Morgan fingerprint density at radius 3 is 2.13 bits per heavy atom.